The molecule has 41 heavy (non-hydrogen) atoms. The van der Waals surface area contributed by atoms with Crippen LogP contribution in [0.1, 0.15) is 85.2 Å². The maximum absolute atomic E-state index is 14.3. The van der Waals surface area contributed by atoms with Gasteiger partial charge in [-0.25, -0.2) is 9.37 Å². The van der Waals surface area contributed by atoms with Gasteiger partial charge in [0.2, 0.25) is 11.8 Å². The third-order valence-corrected chi connectivity index (χ3v) is 7.64. The predicted octanol–water partition coefficient (Wildman–Crippen LogP) is 5.13. The number of amides is 3. The Morgan fingerprint density at radius 2 is 1.85 bits per heavy atom. The summed E-state index contributed by atoms with van der Waals surface area (Å²) in [5.41, 5.74) is 1.86. The van der Waals surface area contributed by atoms with Crippen LogP contribution in [0.25, 0.3) is 5.57 Å². The summed E-state index contributed by atoms with van der Waals surface area (Å²) < 4.78 is 14.3. The van der Waals surface area contributed by atoms with Crippen LogP contribution in [-0.2, 0) is 14.4 Å². The molecule has 10 heteroatoms. The van der Waals surface area contributed by atoms with Crippen LogP contribution in [0.5, 0.6) is 0 Å². The van der Waals surface area contributed by atoms with Crippen LogP contribution in [-0.4, -0.2) is 69.7 Å². The largest absolute Gasteiger partial charge is 0.391 e. The number of β-amino-alcohol motifs (C(OH)–C–C–N with tert-alkyl or cyclic N) is 1. The average molecular weight is 593 g/mol. The van der Waals surface area contributed by atoms with Crippen LogP contribution in [0, 0.1) is 12.3 Å². The number of halogens is 1. The first-order valence-corrected chi connectivity index (χ1v) is 15.3. The molecule has 1 saturated heterocycles. The van der Waals surface area contributed by atoms with E-state index >= 15 is 0 Å². The molecule has 1 aromatic rings. The number of rotatable bonds is 9. The number of likely N-dealkylation sites (tertiary alicyclic amines) is 1. The normalized spacial score (nSPS) is 20.5. The van der Waals surface area contributed by atoms with Gasteiger partial charge in [0.1, 0.15) is 12.1 Å². The number of hydrogen-bond acceptors (Lipinski definition) is 6. The third-order valence-electron chi connectivity index (χ3n) is 6.67. The standard InChI is InChI=1S/C27H37FN4O4S.2C2H6/c1-7-18(21-17(3)30-15-37-21)9-8-16(2)13-29-23(34)20-12-19(33)14-32(20)24(35)22(26(4,5)6)31-25(36)27(28)10-11-27;2*1-2/h7-9,15,19-20,22,33H,1,10-14H2,2-6H3,(H,29,34)(H,31,36);2*1-2H3/b16-8+,18-9+;;. The fourth-order valence-corrected chi connectivity index (χ4v) is 5.00. The van der Waals surface area contributed by atoms with E-state index in [9.17, 15) is 23.9 Å². The summed E-state index contributed by atoms with van der Waals surface area (Å²) in [6.45, 7) is 21.2. The lowest BCUT2D eigenvalue weighted by atomic mass is 9.85. The highest BCUT2D eigenvalue weighted by Gasteiger charge is 2.53. The van der Waals surface area contributed by atoms with E-state index in [0.29, 0.717) is 0 Å². The van der Waals surface area contributed by atoms with Crippen molar-refractivity contribution < 1.29 is 23.9 Å². The molecule has 1 aliphatic carbocycles. The van der Waals surface area contributed by atoms with Crippen molar-refractivity contribution in [2.45, 2.75) is 105 Å². The zero-order chi connectivity index (χ0) is 31.5. The summed E-state index contributed by atoms with van der Waals surface area (Å²) in [7, 11) is 0. The molecule has 0 spiro atoms. The number of aromatic nitrogens is 1. The Morgan fingerprint density at radius 3 is 2.34 bits per heavy atom. The fourth-order valence-electron chi connectivity index (χ4n) is 4.17. The molecule has 0 radical (unpaired) electrons. The van der Waals surface area contributed by atoms with Crippen molar-refractivity contribution in [3.63, 3.8) is 0 Å². The highest BCUT2D eigenvalue weighted by molar-refractivity contribution is 7.11. The lowest BCUT2D eigenvalue weighted by molar-refractivity contribution is -0.144. The van der Waals surface area contributed by atoms with E-state index in [1.54, 1.807) is 32.4 Å². The number of carbonyl (C=O) groups excluding carboxylic acids is 3. The van der Waals surface area contributed by atoms with E-state index in [1.807, 2.05) is 53.7 Å². The number of alkyl halides is 1. The third kappa shape index (κ3) is 9.88. The Kier molecular flexibility index (Phi) is 14.1. The highest BCUT2D eigenvalue weighted by atomic mass is 32.1. The Balaban J connectivity index is 0.00000201. The molecule has 0 aromatic carbocycles. The van der Waals surface area contributed by atoms with E-state index < -0.39 is 47.0 Å². The highest BCUT2D eigenvalue weighted by Crippen LogP contribution is 2.40. The molecule has 3 unspecified atom stereocenters. The molecule has 2 heterocycles. The molecule has 0 bridgehead atoms. The fraction of sp³-hybridized carbons (Fsp3) is 0.613. The van der Waals surface area contributed by atoms with Gasteiger partial charge in [0.15, 0.2) is 5.67 Å². The number of thiazole rings is 1. The molecule has 1 aliphatic heterocycles. The number of aliphatic hydroxyl groups excluding tert-OH is 1. The maximum Gasteiger partial charge on any atom is 0.258 e. The number of allylic oxidation sites excluding steroid dienone is 4. The van der Waals surface area contributed by atoms with E-state index in [-0.39, 0.29) is 32.4 Å². The zero-order valence-electron chi connectivity index (χ0n) is 26.1. The number of aryl methyl sites for hydroxylation is 1. The SMILES string of the molecule is C=C/C(=C\C=C(/C)CNC(=O)C1CC(O)CN1C(=O)C(NC(=O)C1(F)CC1)C(C)(C)C)c1scnc1C.CC.CC. The van der Waals surface area contributed by atoms with Crippen molar-refractivity contribution in [2.24, 2.45) is 5.41 Å². The van der Waals surface area contributed by atoms with Gasteiger partial charge in [-0.15, -0.1) is 11.3 Å². The predicted molar refractivity (Wildman–Crippen MR) is 165 cm³/mol. The average Bonchev–Trinajstić information content (AvgIpc) is 3.36. The van der Waals surface area contributed by atoms with Gasteiger partial charge in [-0.2, -0.15) is 0 Å². The lowest BCUT2D eigenvalue weighted by Gasteiger charge is -2.35. The topological polar surface area (TPSA) is 112 Å². The van der Waals surface area contributed by atoms with Crippen LogP contribution in [0.15, 0.2) is 35.9 Å². The monoisotopic (exact) mass is 592 g/mol. The second-order valence-corrected chi connectivity index (χ2v) is 11.8. The summed E-state index contributed by atoms with van der Waals surface area (Å²) in [5.74, 6) is -1.71. The van der Waals surface area contributed by atoms with Gasteiger partial charge in [0, 0.05) is 19.5 Å². The van der Waals surface area contributed by atoms with E-state index in [1.165, 1.54) is 16.2 Å². The van der Waals surface area contributed by atoms with Crippen LogP contribution in [0.3, 0.4) is 0 Å². The summed E-state index contributed by atoms with van der Waals surface area (Å²) in [5, 5.41) is 15.7. The Labute approximate surface area is 249 Å². The number of nitrogens with one attached hydrogen (secondary N) is 2. The quantitative estimate of drug-likeness (QED) is 0.344. The molecule has 1 aromatic heterocycles. The van der Waals surface area contributed by atoms with E-state index in [2.05, 4.69) is 22.2 Å². The van der Waals surface area contributed by atoms with Gasteiger partial charge in [-0.05, 0) is 37.7 Å². The number of hydrogen-bond donors (Lipinski definition) is 3. The summed E-state index contributed by atoms with van der Waals surface area (Å²) >= 11 is 1.53. The molecule has 2 fully saturated rings. The minimum Gasteiger partial charge on any atom is -0.391 e. The maximum atomic E-state index is 14.3. The van der Waals surface area contributed by atoms with Gasteiger partial charge in [-0.1, -0.05) is 78.8 Å². The zero-order valence-corrected chi connectivity index (χ0v) is 27.0. The number of aliphatic hydroxyl groups is 1. The van der Waals surface area contributed by atoms with Crippen LogP contribution >= 0.6 is 11.3 Å². The molecule has 3 amide bonds. The first-order chi connectivity index (χ1) is 19.3. The Hall–Kier alpha value is -2.85. The smallest absolute Gasteiger partial charge is 0.258 e. The van der Waals surface area contributed by atoms with Crippen molar-refractivity contribution in [3.8, 4) is 0 Å². The minimum atomic E-state index is -1.92. The summed E-state index contributed by atoms with van der Waals surface area (Å²) in [6.07, 6.45) is 5.05. The first-order valence-electron chi connectivity index (χ1n) is 14.4. The number of carbonyl (C=O) groups is 3. The van der Waals surface area contributed by atoms with Gasteiger partial charge in [0.05, 0.1) is 22.2 Å². The van der Waals surface area contributed by atoms with Gasteiger partial charge in [-0.3, -0.25) is 14.4 Å². The summed E-state index contributed by atoms with van der Waals surface area (Å²) in [4.78, 5) is 45.5. The van der Waals surface area contributed by atoms with Gasteiger partial charge in [0.25, 0.3) is 5.91 Å². The second kappa shape index (κ2) is 16.0. The molecule has 1 saturated carbocycles. The van der Waals surface area contributed by atoms with Crippen molar-refractivity contribution in [3.05, 3.63) is 46.5 Å². The molecule has 8 nitrogen and oxygen atoms in total. The van der Waals surface area contributed by atoms with Crippen molar-refractivity contribution >= 4 is 34.6 Å². The Bertz CT molecular complexity index is 1120. The minimum absolute atomic E-state index is 0.0331. The first kappa shape index (κ1) is 36.2. The van der Waals surface area contributed by atoms with E-state index in [4.69, 9.17) is 0 Å². The molecular formula is C31H49FN4O4S. The molecule has 3 rings (SSSR count). The van der Waals surface area contributed by atoms with Crippen LogP contribution in [0.2, 0.25) is 0 Å². The molecule has 2 aliphatic rings. The Morgan fingerprint density at radius 1 is 1.24 bits per heavy atom. The lowest BCUT2D eigenvalue weighted by Crippen LogP contribution is -2.59. The van der Waals surface area contributed by atoms with Gasteiger partial charge < -0.3 is 20.6 Å². The van der Waals surface area contributed by atoms with Crippen LogP contribution in [0.4, 0.5) is 4.39 Å². The van der Waals surface area contributed by atoms with E-state index in [0.717, 1.165) is 21.7 Å². The van der Waals surface area contributed by atoms with Crippen LogP contribution < -0.4 is 10.6 Å². The molecular weight excluding hydrogens is 543 g/mol. The molecule has 3 N–H and O–H groups in total. The van der Waals surface area contributed by atoms with Crippen molar-refractivity contribution in [1.82, 2.24) is 20.5 Å². The van der Waals surface area contributed by atoms with Gasteiger partial charge >= 0.3 is 0 Å². The number of nitrogens with zero attached hydrogens (tertiary/aromatic N) is 2. The second-order valence-electron chi connectivity index (χ2n) is 11.0. The summed E-state index contributed by atoms with van der Waals surface area (Å²) in [6, 6.07) is -1.93. The van der Waals surface area contributed by atoms with Crippen molar-refractivity contribution in [1.29, 1.82) is 0 Å². The molecule has 3 atom stereocenters. The van der Waals surface area contributed by atoms with Crippen molar-refractivity contribution in [2.75, 3.05) is 13.1 Å². The molecule has 230 valence electrons.